The summed E-state index contributed by atoms with van der Waals surface area (Å²) in [5.41, 5.74) is 3.72. The van der Waals surface area contributed by atoms with Crippen LogP contribution in [0.2, 0.25) is 0 Å². The lowest BCUT2D eigenvalue weighted by atomic mass is 10.1. The average molecular weight is 281 g/mol. The SMILES string of the molecule is Cc1cc(Cn2cc(C(=O)O)c(C)n2)c2ccccc2n1. The van der Waals surface area contributed by atoms with Crippen LogP contribution >= 0.6 is 0 Å². The van der Waals surface area contributed by atoms with E-state index in [1.165, 1.54) is 0 Å². The van der Waals surface area contributed by atoms with Crippen LogP contribution < -0.4 is 0 Å². The molecule has 1 N–H and O–H groups in total. The van der Waals surface area contributed by atoms with Crippen LogP contribution in [0.1, 0.15) is 27.3 Å². The van der Waals surface area contributed by atoms with E-state index < -0.39 is 5.97 Å². The average Bonchev–Trinajstić information content (AvgIpc) is 2.79. The number of para-hydroxylation sites is 1. The van der Waals surface area contributed by atoms with Crippen molar-refractivity contribution in [3.05, 3.63) is 59.0 Å². The van der Waals surface area contributed by atoms with Crippen molar-refractivity contribution >= 4 is 16.9 Å². The zero-order valence-electron chi connectivity index (χ0n) is 11.9. The summed E-state index contributed by atoms with van der Waals surface area (Å²) in [6.45, 7) is 4.18. The maximum atomic E-state index is 11.1. The maximum Gasteiger partial charge on any atom is 0.339 e. The minimum absolute atomic E-state index is 0.241. The van der Waals surface area contributed by atoms with Crippen molar-refractivity contribution in [2.24, 2.45) is 0 Å². The minimum Gasteiger partial charge on any atom is -0.478 e. The Morgan fingerprint density at radius 3 is 2.76 bits per heavy atom. The van der Waals surface area contributed by atoms with E-state index in [1.807, 2.05) is 37.3 Å². The number of hydrogen-bond donors (Lipinski definition) is 1. The van der Waals surface area contributed by atoms with Crippen molar-refractivity contribution in [2.75, 3.05) is 0 Å². The summed E-state index contributed by atoms with van der Waals surface area (Å²) in [6, 6.07) is 9.94. The molecule has 0 aliphatic heterocycles. The number of aryl methyl sites for hydroxylation is 2. The molecule has 0 atom stereocenters. The van der Waals surface area contributed by atoms with E-state index in [0.29, 0.717) is 12.2 Å². The summed E-state index contributed by atoms with van der Waals surface area (Å²) in [7, 11) is 0. The van der Waals surface area contributed by atoms with E-state index in [-0.39, 0.29) is 5.56 Å². The molecule has 0 amide bonds. The highest BCUT2D eigenvalue weighted by atomic mass is 16.4. The Bertz CT molecular complexity index is 837. The van der Waals surface area contributed by atoms with Gasteiger partial charge in [0.2, 0.25) is 0 Å². The predicted octanol–water partition coefficient (Wildman–Crippen LogP) is 2.79. The van der Waals surface area contributed by atoms with E-state index >= 15 is 0 Å². The largest absolute Gasteiger partial charge is 0.478 e. The number of aromatic nitrogens is 3. The van der Waals surface area contributed by atoms with Crippen LogP contribution in [0.15, 0.2) is 36.5 Å². The molecule has 2 heterocycles. The van der Waals surface area contributed by atoms with Gasteiger partial charge < -0.3 is 5.11 Å². The lowest BCUT2D eigenvalue weighted by Crippen LogP contribution is -2.02. The van der Waals surface area contributed by atoms with Gasteiger partial charge in [-0.25, -0.2) is 4.79 Å². The lowest BCUT2D eigenvalue weighted by molar-refractivity contribution is 0.0696. The molecule has 0 unspecified atom stereocenters. The second-order valence-electron chi connectivity index (χ2n) is 5.07. The van der Waals surface area contributed by atoms with Crippen LogP contribution in [-0.2, 0) is 6.54 Å². The zero-order chi connectivity index (χ0) is 15.0. The topological polar surface area (TPSA) is 68.0 Å². The summed E-state index contributed by atoms with van der Waals surface area (Å²) in [6.07, 6.45) is 1.57. The molecule has 0 aliphatic rings. The van der Waals surface area contributed by atoms with Gasteiger partial charge in [0.05, 0.1) is 17.8 Å². The second kappa shape index (κ2) is 5.01. The fourth-order valence-electron chi connectivity index (χ4n) is 2.51. The van der Waals surface area contributed by atoms with Gasteiger partial charge in [-0.05, 0) is 31.5 Å². The quantitative estimate of drug-likeness (QED) is 0.801. The number of carboxylic acids is 1. The normalized spacial score (nSPS) is 11.0. The molecular weight excluding hydrogens is 266 g/mol. The molecule has 3 aromatic rings. The molecule has 0 aliphatic carbocycles. The van der Waals surface area contributed by atoms with Crippen LogP contribution in [0.5, 0.6) is 0 Å². The molecule has 2 aromatic heterocycles. The molecule has 0 saturated carbocycles. The van der Waals surface area contributed by atoms with Crippen LogP contribution in [-0.4, -0.2) is 25.8 Å². The molecule has 5 heteroatoms. The van der Waals surface area contributed by atoms with E-state index in [1.54, 1.807) is 17.8 Å². The lowest BCUT2D eigenvalue weighted by Gasteiger charge is -2.08. The van der Waals surface area contributed by atoms with Crippen molar-refractivity contribution in [3.63, 3.8) is 0 Å². The van der Waals surface area contributed by atoms with Gasteiger partial charge in [0.25, 0.3) is 0 Å². The van der Waals surface area contributed by atoms with Gasteiger partial charge in [0.1, 0.15) is 5.56 Å². The standard InChI is InChI=1S/C16H15N3O2/c1-10-7-12(13-5-3-4-6-15(13)17-10)8-19-9-14(16(20)21)11(2)18-19/h3-7,9H,8H2,1-2H3,(H,20,21). The van der Waals surface area contributed by atoms with E-state index in [2.05, 4.69) is 10.1 Å². The molecule has 0 fully saturated rings. The highest BCUT2D eigenvalue weighted by Crippen LogP contribution is 2.19. The molecule has 0 spiro atoms. The summed E-state index contributed by atoms with van der Waals surface area (Å²) < 4.78 is 1.67. The van der Waals surface area contributed by atoms with Gasteiger partial charge in [-0.1, -0.05) is 18.2 Å². The Balaban J connectivity index is 2.05. The first-order valence-corrected chi connectivity index (χ1v) is 6.67. The number of nitrogens with zero attached hydrogens (tertiary/aromatic N) is 3. The predicted molar refractivity (Wildman–Crippen MR) is 79.5 cm³/mol. The Labute approximate surface area is 121 Å². The van der Waals surface area contributed by atoms with Crippen LogP contribution in [0.4, 0.5) is 0 Å². The molecule has 1 aromatic carbocycles. The van der Waals surface area contributed by atoms with Crippen molar-refractivity contribution in [3.8, 4) is 0 Å². The molecular formula is C16H15N3O2. The number of aromatic carboxylic acids is 1. The third kappa shape index (κ3) is 2.50. The summed E-state index contributed by atoms with van der Waals surface area (Å²) >= 11 is 0. The number of benzene rings is 1. The first-order valence-electron chi connectivity index (χ1n) is 6.67. The number of pyridine rings is 1. The van der Waals surface area contributed by atoms with Crippen molar-refractivity contribution in [2.45, 2.75) is 20.4 Å². The number of rotatable bonds is 3. The number of fused-ring (bicyclic) bond motifs is 1. The van der Waals surface area contributed by atoms with Crippen LogP contribution in [0, 0.1) is 13.8 Å². The third-order valence-corrected chi connectivity index (χ3v) is 3.44. The van der Waals surface area contributed by atoms with Gasteiger partial charge in [0.15, 0.2) is 0 Å². The van der Waals surface area contributed by atoms with Crippen molar-refractivity contribution < 1.29 is 9.90 Å². The first kappa shape index (κ1) is 13.3. The minimum atomic E-state index is -0.950. The van der Waals surface area contributed by atoms with Crippen molar-refractivity contribution in [1.29, 1.82) is 0 Å². The van der Waals surface area contributed by atoms with Gasteiger partial charge in [-0.3, -0.25) is 9.67 Å². The Hall–Kier alpha value is -2.69. The second-order valence-corrected chi connectivity index (χ2v) is 5.07. The smallest absolute Gasteiger partial charge is 0.339 e. The van der Waals surface area contributed by atoms with Gasteiger partial charge in [-0.15, -0.1) is 0 Å². The Morgan fingerprint density at radius 2 is 2.05 bits per heavy atom. The first-order chi connectivity index (χ1) is 10.0. The Kier molecular flexibility index (Phi) is 3.17. The van der Waals surface area contributed by atoms with Crippen LogP contribution in [0.3, 0.4) is 0 Å². The number of carbonyl (C=O) groups is 1. The highest BCUT2D eigenvalue weighted by molar-refractivity contribution is 5.88. The molecule has 21 heavy (non-hydrogen) atoms. The molecule has 3 rings (SSSR count). The van der Waals surface area contributed by atoms with Crippen LogP contribution in [0.25, 0.3) is 10.9 Å². The van der Waals surface area contributed by atoms with Gasteiger partial charge in [0, 0.05) is 17.3 Å². The van der Waals surface area contributed by atoms with E-state index in [9.17, 15) is 4.79 Å². The third-order valence-electron chi connectivity index (χ3n) is 3.44. The van der Waals surface area contributed by atoms with Gasteiger partial charge in [-0.2, -0.15) is 5.10 Å². The van der Waals surface area contributed by atoms with E-state index in [4.69, 9.17) is 5.11 Å². The van der Waals surface area contributed by atoms with E-state index in [0.717, 1.165) is 22.2 Å². The molecule has 0 saturated heterocycles. The fourth-order valence-corrected chi connectivity index (χ4v) is 2.51. The maximum absolute atomic E-state index is 11.1. The fraction of sp³-hybridized carbons (Fsp3) is 0.188. The summed E-state index contributed by atoms with van der Waals surface area (Å²) in [4.78, 5) is 15.6. The summed E-state index contributed by atoms with van der Waals surface area (Å²) in [5.74, 6) is -0.950. The molecule has 5 nitrogen and oxygen atoms in total. The molecule has 106 valence electrons. The monoisotopic (exact) mass is 281 g/mol. The molecule has 0 bridgehead atoms. The van der Waals surface area contributed by atoms with Crippen molar-refractivity contribution in [1.82, 2.24) is 14.8 Å². The number of hydrogen-bond acceptors (Lipinski definition) is 3. The number of carboxylic acid groups (broad SMARTS) is 1. The highest BCUT2D eigenvalue weighted by Gasteiger charge is 2.12. The molecule has 0 radical (unpaired) electrons. The zero-order valence-corrected chi connectivity index (χ0v) is 11.9. The van der Waals surface area contributed by atoms with Gasteiger partial charge >= 0.3 is 5.97 Å². The Morgan fingerprint density at radius 1 is 1.29 bits per heavy atom. The summed E-state index contributed by atoms with van der Waals surface area (Å²) in [5, 5.41) is 14.4.